The highest BCUT2D eigenvalue weighted by molar-refractivity contribution is 6.29. The van der Waals surface area contributed by atoms with Gasteiger partial charge in [0.05, 0.1) is 13.2 Å². The Hall–Kier alpha value is -1.32. The molecule has 1 atom stereocenters. The molecule has 0 aliphatic rings. The van der Waals surface area contributed by atoms with Crippen molar-refractivity contribution in [2.45, 2.75) is 60.3 Å². The number of esters is 2. The molecular formula is C17H30O4. The van der Waals surface area contributed by atoms with Gasteiger partial charge in [-0.05, 0) is 51.4 Å². The van der Waals surface area contributed by atoms with Crippen LogP contribution in [0.5, 0.6) is 0 Å². The predicted molar refractivity (Wildman–Crippen MR) is 83.8 cm³/mol. The Balaban J connectivity index is 3.86. The van der Waals surface area contributed by atoms with Crippen molar-refractivity contribution in [2.24, 2.45) is 11.8 Å². The van der Waals surface area contributed by atoms with Crippen LogP contribution in [0.2, 0.25) is 0 Å². The fourth-order valence-electron chi connectivity index (χ4n) is 2.00. The molecule has 0 aliphatic heterocycles. The van der Waals surface area contributed by atoms with Crippen LogP contribution < -0.4 is 0 Å². The van der Waals surface area contributed by atoms with Gasteiger partial charge >= 0.3 is 11.9 Å². The molecule has 0 amide bonds. The van der Waals surface area contributed by atoms with E-state index in [1.54, 1.807) is 6.92 Å². The van der Waals surface area contributed by atoms with Crippen molar-refractivity contribution in [3.8, 4) is 0 Å². The van der Waals surface area contributed by atoms with Crippen molar-refractivity contribution in [3.63, 3.8) is 0 Å². The quantitative estimate of drug-likeness (QED) is 0.368. The Morgan fingerprint density at radius 2 is 1.67 bits per heavy atom. The van der Waals surface area contributed by atoms with E-state index in [-0.39, 0.29) is 13.2 Å². The minimum absolute atomic E-state index is 0.185. The molecule has 0 bridgehead atoms. The van der Waals surface area contributed by atoms with Gasteiger partial charge in [-0.3, -0.25) is 0 Å². The van der Waals surface area contributed by atoms with Crippen LogP contribution in [-0.4, -0.2) is 25.2 Å². The fourth-order valence-corrected chi connectivity index (χ4v) is 2.00. The van der Waals surface area contributed by atoms with Gasteiger partial charge in [0.25, 0.3) is 0 Å². The summed E-state index contributed by atoms with van der Waals surface area (Å²) in [6.07, 6.45) is 6.37. The molecule has 0 radical (unpaired) electrons. The molecule has 4 nitrogen and oxygen atoms in total. The van der Waals surface area contributed by atoms with Crippen molar-refractivity contribution in [3.05, 3.63) is 11.6 Å². The Morgan fingerprint density at radius 3 is 2.24 bits per heavy atom. The summed E-state index contributed by atoms with van der Waals surface area (Å²) in [5, 5.41) is 0. The minimum atomic E-state index is -0.907. The molecule has 0 aromatic carbocycles. The Bertz CT molecular complexity index is 345. The molecule has 0 heterocycles. The van der Waals surface area contributed by atoms with Gasteiger partial charge in [-0.25, -0.2) is 9.59 Å². The Morgan fingerprint density at radius 1 is 1.05 bits per heavy atom. The monoisotopic (exact) mass is 298 g/mol. The van der Waals surface area contributed by atoms with Crippen LogP contribution in [0, 0.1) is 11.8 Å². The molecule has 122 valence electrons. The van der Waals surface area contributed by atoms with E-state index in [1.807, 2.05) is 0 Å². The van der Waals surface area contributed by atoms with Crippen molar-refractivity contribution < 1.29 is 19.1 Å². The Labute approximate surface area is 128 Å². The lowest BCUT2D eigenvalue weighted by Gasteiger charge is -2.12. The van der Waals surface area contributed by atoms with Crippen LogP contribution in [-0.2, 0) is 19.1 Å². The summed E-state index contributed by atoms with van der Waals surface area (Å²) in [5.41, 5.74) is 1.37. The smallest absolute Gasteiger partial charge is 0.417 e. The standard InChI is InChI=1S/C17H30O4/c1-6-20-16(18)17(19)21-11-10-15(5)12-14(4)9-7-8-13(2)3/h9,13,15H,6-8,10-12H2,1-5H3. The molecule has 0 fully saturated rings. The van der Waals surface area contributed by atoms with Gasteiger partial charge in [-0.1, -0.05) is 32.4 Å². The molecule has 0 aliphatic carbocycles. The van der Waals surface area contributed by atoms with E-state index in [4.69, 9.17) is 4.74 Å². The number of rotatable bonds is 9. The predicted octanol–water partition coefficient (Wildman–Crippen LogP) is 3.89. The SMILES string of the molecule is CCOC(=O)C(=O)OCCC(C)CC(C)=CCCC(C)C. The van der Waals surface area contributed by atoms with Gasteiger partial charge in [0.15, 0.2) is 0 Å². The fraction of sp³-hybridized carbons (Fsp3) is 0.765. The zero-order valence-corrected chi connectivity index (χ0v) is 14.1. The second-order valence-corrected chi connectivity index (χ2v) is 5.98. The van der Waals surface area contributed by atoms with E-state index < -0.39 is 11.9 Å². The highest BCUT2D eigenvalue weighted by Gasteiger charge is 2.16. The number of hydrogen-bond acceptors (Lipinski definition) is 4. The number of carbonyl (C=O) groups excluding carboxylic acids is 2. The topological polar surface area (TPSA) is 52.6 Å². The summed E-state index contributed by atoms with van der Waals surface area (Å²) >= 11 is 0. The van der Waals surface area contributed by atoms with Gasteiger partial charge < -0.3 is 9.47 Å². The number of allylic oxidation sites excluding steroid dienone is 2. The molecule has 0 saturated heterocycles. The number of ether oxygens (including phenoxy) is 2. The maximum Gasteiger partial charge on any atom is 0.417 e. The van der Waals surface area contributed by atoms with Gasteiger partial charge in [0.2, 0.25) is 0 Å². The highest BCUT2D eigenvalue weighted by Crippen LogP contribution is 2.16. The molecule has 0 aromatic rings. The van der Waals surface area contributed by atoms with Gasteiger partial charge in [0, 0.05) is 0 Å². The van der Waals surface area contributed by atoms with Crippen LogP contribution in [0.3, 0.4) is 0 Å². The zero-order valence-electron chi connectivity index (χ0n) is 14.1. The van der Waals surface area contributed by atoms with E-state index in [1.165, 1.54) is 12.0 Å². The normalized spacial score (nSPS) is 13.1. The van der Waals surface area contributed by atoms with E-state index in [0.29, 0.717) is 5.92 Å². The van der Waals surface area contributed by atoms with Gasteiger partial charge in [0.1, 0.15) is 0 Å². The lowest BCUT2D eigenvalue weighted by atomic mass is 9.97. The van der Waals surface area contributed by atoms with Crippen LogP contribution in [0.25, 0.3) is 0 Å². The second-order valence-electron chi connectivity index (χ2n) is 5.98. The molecule has 0 saturated carbocycles. The largest absolute Gasteiger partial charge is 0.458 e. The third kappa shape index (κ3) is 11.1. The molecule has 21 heavy (non-hydrogen) atoms. The van der Waals surface area contributed by atoms with Crippen LogP contribution in [0.15, 0.2) is 11.6 Å². The summed E-state index contributed by atoms with van der Waals surface area (Å²) in [4.78, 5) is 22.3. The molecule has 4 heteroatoms. The van der Waals surface area contributed by atoms with Crippen molar-refractivity contribution in [1.82, 2.24) is 0 Å². The van der Waals surface area contributed by atoms with E-state index in [2.05, 4.69) is 38.5 Å². The van der Waals surface area contributed by atoms with Gasteiger partial charge in [-0.15, -0.1) is 0 Å². The van der Waals surface area contributed by atoms with E-state index >= 15 is 0 Å². The molecule has 0 aromatic heterocycles. The van der Waals surface area contributed by atoms with Crippen LogP contribution in [0.1, 0.15) is 60.3 Å². The first kappa shape index (κ1) is 19.7. The van der Waals surface area contributed by atoms with E-state index in [0.717, 1.165) is 25.2 Å². The number of hydrogen-bond donors (Lipinski definition) is 0. The summed E-state index contributed by atoms with van der Waals surface area (Å²) < 4.78 is 9.45. The Kier molecular flexibility index (Phi) is 10.6. The van der Waals surface area contributed by atoms with Crippen LogP contribution in [0.4, 0.5) is 0 Å². The molecule has 0 spiro atoms. The number of carbonyl (C=O) groups is 2. The van der Waals surface area contributed by atoms with Crippen molar-refractivity contribution >= 4 is 11.9 Å². The summed E-state index contributed by atoms with van der Waals surface area (Å²) in [7, 11) is 0. The minimum Gasteiger partial charge on any atom is -0.458 e. The third-order valence-corrected chi connectivity index (χ3v) is 3.19. The third-order valence-electron chi connectivity index (χ3n) is 3.19. The summed E-state index contributed by atoms with van der Waals surface area (Å²) in [6, 6.07) is 0. The van der Waals surface area contributed by atoms with Crippen LogP contribution >= 0.6 is 0 Å². The van der Waals surface area contributed by atoms with Crippen molar-refractivity contribution in [1.29, 1.82) is 0 Å². The second kappa shape index (κ2) is 11.4. The van der Waals surface area contributed by atoms with Gasteiger partial charge in [-0.2, -0.15) is 0 Å². The molecule has 0 rings (SSSR count). The summed E-state index contributed by atoms with van der Waals surface area (Å²) in [5.74, 6) is -0.646. The maximum absolute atomic E-state index is 11.2. The van der Waals surface area contributed by atoms with E-state index in [9.17, 15) is 9.59 Å². The lowest BCUT2D eigenvalue weighted by Crippen LogP contribution is -2.21. The first-order chi connectivity index (χ1) is 9.86. The average molecular weight is 298 g/mol. The maximum atomic E-state index is 11.2. The first-order valence-corrected chi connectivity index (χ1v) is 7.86. The molecular weight excluding hydrogens is 268 g/mol. The van der Waals surface area contributed by atoms with Crippen molar-refractivity contribution in [2.75, 3.05) is 13.2 Å². The first-order valence-electron chi connectivity index (χ1n) is 7.86. The molecule has 1 unspecified atom stereocenters. The molecule has 0 N–H and O–H groups in total. The zero-order chi connectivity index (χ0) is 16.3. The summed E-state index contributed by atoms with van der Waals surface area (Å²) in [6.45, 7) is 10.8. The lowest BCUT2D eigenvalue weighted by molar-refractivity contribution is -0.167. The average Bonchev–Trinajstić information content (AvgIpc) is 2.38. The highest BCUT2D eigenvalue weighted by atomic mass is 16.6.